The van der Waals surface area contributed by atoms with Crippen molar-refractivity contribution < 1.29 is 24.2 Å². The predicted octanol–water partition coefficient (Wildman–Crippen LogP) is 2.64. The summed E-state index contributed by atoms with van der Waals surface area (Å²) < 4.78 is 11.1. The van der Waals surface area contributed by atoms with Crippen LogP contribution in [0.25, 0.3) is 0 Å². The van der Waals surface area contributed by atoms with Gasteiger partial charge in [-0.1, -0.05) is 6.08 Å². The Labute approximate surface area is 154 Å². The lowest BCUT2D eigenvalue weighted by molar-refractivity contribution is -0.140. The largest absolute Gasteiger partial charge is 0.507 e. The maximum Gasteiger partial charge on any atom is 0.330 e. The van der Waals surface area contributed by atoms with E-state index in [4.69, 9.17) is 9.47 Å². The van der Waals surface area contributed by atoms with Gasteiger partial charge in [0.25, 0.3) is 5.91 Å². The summed E-state index contributed by atoms with van der Waals surface area (Å²) in [6.45, 7) is 9.41. The molecule has 1 aliphatic rings. The Morgan fingerprint density at radius 3 is 2.62 bits per heavy atom. The Hall–Kier alpha value is -2.50. The molecule has 0 spiro atoms. The quantitative estimate of drug-likeness (QED) is 0.478. The second-order valence-corrected chi connectivity index (χ2v) is 6.79. The monoisotopic (exact) mass is 361 g/mol. The van der Waals surface area contributed by atoms with E-state index in [9.17, 15) is 14.7 Å². The van der Waals surface area contributed by atoms with Gasteiger partial charge in [0.2, 0.25) is 0 Å². The SMILES string of the molecule is C/C=C/C(=O)OCCNC(=O)C1(C)CCc2c(C)c(O)c(C)c(C)c2O1. The van der Waals surface area contributed by atoms with Gasteiger partial charge in [-0.2, -0.15) is 0 Å². The van der Waals surface area contributed by atoms with Crippen LogP contribution in [0.3, 0.4) is 0 Å². The maximum absolute atomic E-state index is 12.6. The molecule has 2 N–H and O–H groups in total. The third-order valence-electron chi connectivity index (χ3n) is 4.93. The number of hydrogen-bond donors (Lipinski definition) is 2. The van der Waals surface area contributed by atoms with Crippen LogP contribution in [0.4, 0.5) is 0 Å². The molecule has 1 aromatic carbocycles. The molecule has 2 rings (SSSR count). The number of ether oxygens (including phenoxy) is 2. The van der Waals surface area contributed by atoms with Gasteiger partial charge in [0.1, 0.15) is 18.1 Å². The van der Waals surface area contributed by atoms with E-state index < -0.39 is 11.6 Å². The van der Waals surface area contributed by atoms with E-state index in [1.165, 1.54) is 6.08 Å². The third kappa shape index (κ3) is 3.84. The molecule has 0 bridgehead atoms. The highest BCUT2D eigenvalue weighted by molar-refractivity contribution is 5.86. The van der Waals surface area contributed by atoms with Crippen LogP contribution in [0.2, 0.25) is 0 Å². The predicted molar refractivity (Wildman–Crippen MR) is 98.5 cm³/mol. The van der Waals surface area contributed by atoms with E-state index in [1.807, 2.05) is 20.8 Å². The lowest BCUT2D eigenvalue weighted by Crippen LogP contribution is -2.51. The van der Waals surface area contributed by atoms with Gasteiger partial charge < -0.3 is 19.9 Å². The minimum Gasteiger partial charge on any atom is -0.507 e. The number of allylic oxidation sites excluding steroid dienone is 1. The van der Waals surface area contributed by atoms with Crippen molar-refractivity contribution in [3.05, 3.63) is 34.4 Å². The second-order valence-electron chi connectivity index (χ2n) is 6.79. The van der Waals surface area contributed by atoms with Crippen LogP contribution in [-0.2, 0) is 20.7 Å². The Morgan fingerprint density at radius 1 is 1.27 bits per heavy atom. The number of rotatable bonds is 5. The molecule has 0 aromatic heterocycles. The lowest BCUT2D eigenvalue weighted by atomic mass is 9.86. The summed E-state index contributed by atoms with van der Waals surface area (Å²) in [5.74, 6) is 0.298. The number of carbonyl (C=O) groups excluding carboxylic acids is 2. The Morgan fingerprint density at radius 2 is 1.96 bits per heavy atom. The normalized spacial score (nSPS) is 19.0. The molecule has 142 valence electrons. The number of aromatic hydroxyl groups is 1. The van der Waals surface area contributed by atoms with Crippen LogP contribution in [0.15, 0.2) is 12.2 Å². The first-order chi connectivity index (χ1) is 12.2. The molecule has 0 saturated heterocycles. The van der Waals surface area contributed by atoms with Crippen molar-refractivity contribution in [2.24, 2.45) is 0 Å². The van der Waals surface area contributed by atoms with Crippen LogP contribution in [0.1, 0.15) is 42.5 Å². The van der Waals surface area contributed by atoms with Crippen molar-refractivity contribution in [1.29, 1.82) is 0 Å². The van der Waals surface area contributed by atoms with Crippen molar-refractivity contribution in [3.63, 3.8) is 0 Å². The highest BCUT2D eigenvalue weighted by Crippen LogP contribution is 2.43. The van der Waals surface area contributed by atoms with Gasteiger partial charge in [-0.05, 0) is 57.7 Å². The Kier molecular flexibility index (Phi) is 5.95. The standard InChI is InChI=1S/C20H27NO5/c1-6-7-16(22)25-11-10-21-19(24)20(5)9-8-15-14(4)17(23)12(2)13(3)18(15)26-20/h6-7,23H,8-11H2,1-5H3,(H,21,24)/b7-6+. The molecule has 0 fully saturated rings. The summed E-state index contributed by atoms with van der Waals surface area (Å²) in [6.07, 6.45) is 4.08. The molecule has 26 heavy (non-hydrogen) atoms. The Balaban J connectivity index is 2.06. The van der Waals surface area contributed by atoms with Crippen LogP contribution in [0.5, 0.6) is 11.5 Å². The summed E-state index contributed by atoms with van der Waals surface area (Å²) in [7, 11) is 0. The van der Waals surface area contributed by atoms with Crippen LogP contribution in [0, 0.1) is 20.8 Å². The summed E-state index contributed by atoms with van der Waals surface area (Å²) in [6, 6.07) is 0. The van der Waals surface area contributed by atoms with Gasteiger partial charge >= 0.3 is 5.97 Å². The van der Waals surface area contributed by atoms with Crippen LogP contribution >= 0.6 is 0 Å². The molecule has 1 aliphatic heterocycles. The van der Waals surface area contributed by atoms with Crippen molar-refractivity contribution in [1.82, 2.24) is 5.32 Å². The van der Waals surface area contributed by atoms with Gasteiger partial charge in [0, 0.05) is 18.1 Å². The number of phenols is 1. The zero-order valence-corrected chi connectivity index (χ0v) is 16.1. The van der Waals surface area contributed by atoms with E-state index in [2.05, 4.69) is 5.32 Å². The first-order valence-corrected chi connectivity index (χ1v) is 8.79. The number of carbonyl (C=O) groups is 2. The minimum atomic E-state index is -0.999. The van der Waals surface area contributed by atoms with E-state index in [1.54, 1.807) is 19.9 Å². The van der Waals surface area contributed by atoms with E-state index in [0.717, 1.165) is 22.3 Å². The minimum absolute atomic E-state index is 0.104. The number of benzene rings is 1. The third-order valence-corrected chi connectivity index (χ3v) is 4.93. The number of fused-ring (bicyclic) bond motifs is 1. The number of esters is 1. The zero-order valence-electron chi connectivity index (χ0n) is 16.1. The molecule has 0 radical (unpaired) electrons. The molecule has 6 nitrogen and oxygen atoms in total. The van der Waals surface area contributed by atoms with E-state index in [-0.39, 0.29) is 19.1 Å². The van der Waals surface area contributed by atoms with Gasteiger partial charge in [0.15, 0.2) is 5.60 Å². The van der Waals surface area contributed by atoms with Gasteiger partial charge in [0.05, 0.1) is 6.54 Å². The molecule has 1 unspecified atom stereocenters. The number of nitrogens with one attached hydrogen (secondary N) is 1. The van der Waals surface area contributed by atoms with Crippen molar-refractivity contribution in [3.8, 4) is 11.5 Å². The fraction of sp³-hybridized carbons (Fsp3) is 0.500. The Bertz CT molecular complexity index is 753. The van der Waals surface area contributed by atoms with Crippen molar-refractivity contribution in [2.75, 3.05) is 13.2 Å². The van der Waals surface area contributed by atoms with Crippen LogP contribution in [-0.4, -0.2) is 35.7 Å². The molecule has 0 aliphatic carbocycles. The first kappa shape index (κ1) is 19.8. The molecule has 1 amide bonds. The van der Waals surface area contributed by atoms with Gasteiger partial charge in [-0.3, -0.25) is 4.79 Å². The van der Waals surface area contributed by atoms with E-state index in [0.29, 0.717) is 24.3 Å². The smallest absolute Gasteiger partial charge is 0.330 e. The van der Waals surface area contributed by atoms with Crippen molar-refractivity contribution in [2.45, 2.75) is 53.1 Å². The topological polar surface area (TPSA) is 84.9 Å². The summed E-state index contributed by atoms with van der Waals surface area (Å²) in [5.41, 5.74) is 2.38. The van der Waals surface area contributed by atoms with E-state index >= 15 is 0 Å². The molecule has 0 saturated carbocycles. The fourth-order valence-electron chi connectivity index (χ4n) is 3.09. The summed E-state index contributed by atoms with van der Waals surface area (Å²) in [4.78, 5) is 23.9. The lowest BCUT2D eigenvalue weighted by Gasteiger charge is -2.36. The average Bonchev–Trinajstić information content (AvgIpc) is 2.61. The molecule has 1 heterocycles. The molecule has 1 aromatic rings. The highest BCUT2D eigenvalue weighted by atomic mass is 16.5. The fourth-order valence-corrected chi connectivity index (χ4v) is 3.09. The van der Waals surface area contributed by atoms with Gasteiger partial charge in [-0.25, -0.2) is 4.79 Å². The molecular formula is C20H27NO5. The first-order valence-electron chi connectivity index (χ1n) is 8.79. The number of hydrogen-bond acceptors (Lipinski definition) is 5. The van der Waals surface area contributed by atoms with Crippen LogP contribution < -0.4 is 10.1 Å². The maximum atomic E-state index is 12.6. The second kappa shape index (κ2) is 7.81. The number of phenolic OH excluding ortho intramolecular Hbond substituents is 1. The highest BCUT2D eigenvalue weighted by Gasteiger charge is 2.40. The van der Waals surface area contributed by atoms with Gasteiger partial charge in [-0.15, -0.1) is 0 Å². The summed E-state index contributed by atoms with van der Waals surface area (Å²) in [5, 5.41) is 13.0. The molecule has 1 atom stereocenters. The zero-order chi connectivity index (χ0) is 19.5. The molecular weight excluding hydrogens is 334 g/mol. The average molecular weight is 361 g/mol. The molecule has 6 heteroatoms. The number of amides is 1. The van der Waals surface area contributed by atoms with Crippen molar-refractivity contribution >= 4 is 11.9 Å². The summed E-state index contributed by atoms with van der Waals surface area (Å²) >= 11 is 0.